The first-order chi connectivity index (χ1) is 19.8. The quantitative estimate of drug-likeness (QED) is 0.276. The molecule has 3 aromatic rings. The number of benzene rings is 1. The number of nitrogens with one attached hydrogen (secondary N) is 1. The molecule has 0 saturated carbocycles. The maximum absolute atomic E-state index is 13.6. The SMILES string of the molecule is COc1ccc(N2CCCC2)c(C(Cc2cc(C(F)(F)F)cc(C(F)(F)F)c2)Nc2ncc(OCCS(C)=O)cn2)n1. The Morgan fingerprint density at radius 3 is 2.17 bits per heavy atom. The molecule has 1 fully saturated rings. The van der Waals surface area contributed by atoms with Gasteiger partial charge in [0.1, 0.15) is 0 Å². The van der Waals surface area contributed by atoms with E-state index >= 15 is 0 Å². The number of pyridine rings is 1. The standard InChI is InChI=1S/C27H29F6N5O3S/c1-40-23-6-5-22(38-7-3-4-8-38)24(37-23)21(36-25-34-15-20(16-35-25)41-9-10-42(2)39)13-17-11-18(26(28,29)30)14-19(12-17)27(31,32)33/h5-6,11-12,14-16,21H,3-4,7-10,13H2,1-2H3,(H,34,35,36). The molecule has 0 amide bonds. The highest BCUT2D eigenvalue weighted by Gasteiger charge is 2.37. The summed E-state index contributed by atoms with van der Waals surface area (Å²) in [6.07, 6.45) is -4.19. The van der Waals surface area contributed by atoms with E-state index in [1.54, 1.807) is 12.1 Å². The Morgan fingerprint density at radius 2 is 1.62 bits per heavy atom. The smallest absolute Gasteiger partial charge is 0.416 e. The van der Waals surface area contributed by atoms with Crippen molar-refractivity contribution in [2.75, 3.05) is 49.0 Å². The van der Waals surface area contributed by atoms with Gasteiger partial charge < -0.3 is 19.7 Å². The number of rotatable bonds is 11. The van der Waals surface area contributed by atoms with Crippen LogP contribution in [0.2, 0.25) is 0 Å². The lowest BCUT2D eigenvalue weighted by atomic mass is 9.97. The Balaban J connectivity index is 1.75. The average Bonchev–Trinajstić information content (AvgIpc) is 3.47. The first-order valence-electron chi connectivity index (χ1n) is 12.9. The first-order valence-corrected chi connectivity index (χ1v) is 14.7. The van der Waals surface area contributed by atoms with E-state index in [2.05, 4.69) is 25.2 Å². The van der Waals surface area contributed by atoms with Crippen LogP contribution < -0.4 is 19.7 Å². The van der Waals surface area contributed by atoms with Gasteiger partial charge >= 0.3 is 12.4 Å². The van der Waals surface area contributed by atoms with Crippen molar-refractivity contribution in [3.8, 4) is 11.6 Å². The highest BCUT2D eigenvalue weighted by atomic mass is 32.2. The summed E-state index contributed by atoms with van der Waals surface area (Å²) in [7, 11) is 0.351. The third kappa shape index (κ3) is 8.23. The van der Waals surface area contributed by atoms with Crippen molar-refractivity contribution >= 4 is 22.4 Å². The fraction of sp³-hybridized carbons (Fsp3) is 0.444. The second kappa shape index (κ2) is 13.1. The van der Waals surface area contributed by atoms with Gasteiger partial charge in [0.2, 0.25) is 11.8 Å². The molecule has 0 radical (unpaired) electrons. The molecule has 1 N–H and O–H groups in total. The number of halogens is 6. The molecule has 0 spiro atoms. The van der Waals surface area contributed by atoms with Gasteiger partial charge in [0.05, 0.1) is 60.4 Å². The van der Waals surface area contributed by atoms with Crippen LogP contribution in [0.15, 0.2) is 42.7 Å². The minimum absolute atomic E-state index is 0.0476. The molecule has 4 rings (SSSR count). The molecular formula is C27H29F6N5O3S. The van der Waals surface area contributed by atoms with Gasteiger partial charge in [0, 0.05) is 36.2 Å². The van der Waals surface area contributed by atoms with Gasteiger partial charge in [-0.25, -0.2) is 15.0 Å². The summed E-state index contributed by atoms with van der Waals surface area (Å²) in [4.78, 5) is 15.0. The third-order valence-electron chi connectivity index (χ3n) is 6.52. The van der Waals surface area contributed by atoms with Gasteiger partial charge in [-0.3, -0.25) is 4.21 Å². The average molecular weight is 618 g/mol. The Labute approximate surface area is 240 Å². The summed E-state index contributed by atoms with van der Waals surface area (Å²) < 4.78 is 104. The van der Waals surface area contributed by atoms with Crippen molar-refractivity contribution in [3.05, 3.63) is 65.1 Å². The van der Waals surface area contributed by atoms with E-state index in [-0.39, 0.29) is 36.5 Å². The van der Waals surface area contributed by atoms with E-state index in [0.29, 0.717) is 48.1 Å². The zero-order chi connectivity index (χ0) is 30.5. The molecule has 1 aliphatic rings. The number of methoxy groups -OCH3 is 1. The van der Waals surface area contributed by atoms with Crippen LogP contribution in [0.1, 0.15) is 41.3 Å². The third-order valence-corrected chi connectivity index (χ3v) is 7.26. The summed E-state index contributed by atoms with van der Waals surface area (Å²) in [5, 5.41) is 3.04. The van der Waals surface area contributed by atoms with Crippen LogP contribution in [0.5, 0.6) is 11.6 Å². The van der Waals surface area contributed by atoms with Crippen LogP contribution in [0.25, 0.3) is 0 Å². The maximum Gasteiger partial charge on any atom is 0.416 e. The molecule has 2 aromatic heterocycles. The van der Waals surface area contributed by atoms with Crippen molar-refractivity contribution in [1.29, 1.82) is 0 Å². The lowest BCUT2D eigenvalue weighted by Gasteiger charge is -2.27. The fourth-order valence-corrected chi connectivity index (χ4v) is 4.85. The van der Waals surface area contributed by atoms with E-state index in [9.17, 15) is 30.6 Å². The molecule has 1 saturated heterocycles. The molecule has 1 aromatic carbocycles. The highest BCUT2D eigenvalue weighted by Crippen LogP contribution is 2.38. The Kier molecular flexibility index (Phi) is 9.79. The van der Waals surface area contributed by atoms with Crippen molar-refractivity contribution < 1.29 is 40.0 Å². The second-order valence-electron chi connectivity index (χ2n) is 9.64. The molecular weight excluding hydrogens is 588 g/mol. The molecule has 2 atom stereocenters. The number of hydrogen-bond acceptors (Lipinski definition) is 8. The molecule has 2 unspecified atom stereocenters. The minimum atomic E-state index is -4.99. The van der Waals surface area contributed by atoms with Crippen LogP contribution >= 0.6 is 0 Å². The van der Waals surface area contributed by atoms with Crippen LogP contribution in [0.4, 0.5) is 38.0 Å². The molecule has 0 bridgehead atoms. The van der Waals surface area contributed by atoms with Gasteiger partial charge in [-0.1, -0.05) is 0 Å². The molecule has 228 valence electrons. The molecule has 1 aliphatic heterocycles. The molecule has 15 heteroatoms. The lowest BCUT2D eigenvalue weighted by Crippen LogP contribution is -2.25. The molecule has 42 heavy (non-hydrogen) atoms. The number of hydrogen-bond donors (Lipinski definition) is 1. The molecule has 3 heterocycles. The number of ether oxygens (including phenoxy) is 2. The van der Waals surface area contributed by atoms with E-state index < -0.39 is 40.3 Å². The summed E-state index contributed by atoms with van der Waals surface area (Å²) in [6, 6.07) is 3.97. The van der Waals surface area contributed by atoms with Crippen molar-refractivity contribution in [2.45, 2.75) is 37.7 Å². The van der Waals surface area contributed by atoms with Gasteiger partial charge in [0.15, 0.2) is 5.75 Å². The summed E-state index contributed by atoms with van der Waals surface area (Å²) in [5.74, 6) is 0.872. The first kappa shape index (κ1) is 31.3. The number of nitrogens with zero attached hydrogens (tertiary/aromatic N) is 4. The number of alkyl halides is 6. The highest BCUT2D eigenvalue weighted by molar-refractivity contribution is 7.84. The zero-order valence-corrected chi connectivity index (χ0v) is 23.6. The van der Waals surface area contributed by atoms with E-state index in [1.165, 1.54) is 25.8 Å². The monoisotopic (exact) mass is 617 g/mol. The van der Waals surface area contributed by atoms with Crippen LogP contribution in [0, 0.1) is 0 Å². The van der Waals surface area contributed by atoms with Gasteiger partial charge in [-0.15, -0.1) is 0 Å². The predicted molar refractivity (Wildman–Crippen MR) is 145 cm³/mol. The van der Waals surface area contributed by atoms with E-state index in [1.807, 2.05) is 0 Å². The van der Waals surface area contributed by atoms with Gasteiger partial charge in [-0.05, 0) is 49.1 Å². The van der Waals surface area contributed by atoms with Gasteiger partial charge in [0.25, 0.3) is 0 Å². The van der Waals surface area contributed by atoms with Crippen LogP contribution in [0.3, 0.4) is 0 Å². The summed E-state index contributed by atoms with van der Waals surface area (Å²) in [6.45, 7) is 1.59. The largest absolute Gasteiger partial charge is 0.489 e. The zero-order valence-electron chi connectivity index (χ0n) is 22.8. The fourth-order valence-electron chi connectivity index (χ4n) is 4.53. The Hall–Kier alpha value is -3.62. The van der Waals surface area contributed by atoms with E-state index in [0.717, 1.165) is 12.8 Å². The number of aromatic nitrogens is 3. The van der Waals surface area contributed by atoms with Gasteiger partial charge in [-0.2, -0.15) is 26.3 Å². The van der Waals surface area contributed by atoms with Crippen LogP contribution in [-0.4, -0.2) is 58.0 Å². The lowest BCUT2D eigenvalue weighted by molar-refractivity contribution is -0.143. The normalized spacial score (nSPS) is 15.4. The second-order valence-corrected chi connectivity index (χ2v) is 11.2. The van der Waals surface area contributed by atoms with Crippen molar-refractivity contribution in [1.82, 2.24) is 15.0 Å². The molecule has 8 nitrogen and oxygen atoms in total. The maximum atomic E-state index is 13.6. The molecule has 0 aliphatic carbocycles. The summed E-state index contributed by atoms with van der Waals surface area (Å²) >= 11 is 0. The Morgan fingerprint density at radius 1 is 1.00 bits per heavy atom. The topological polar surface area (TPSA) is 89.5 Å². The van der Waals surface area contributed by atoms with Crippen molar-refractivity contribution in [2.24, 2.45) is 0 Å². The Bertz CT molecular complexity index is 1350. The number of anilines is 2. The van der Waals surface area contributed by atoms with E-state index in [4.69, 9.17) is 9.47 Å². The summed E-state index contributed by atoms with van der Waals surface area (Å²) in [5.41, 5.74) is -2.00. The minimum Gasteiger partial charge on any atom is -0.489 e. The van der Waals surface area contributed by atoms with Crippen molar-refractivity contribution in [3.63, 3.8) is 0 Å². The predicted octanol–water partition coefficient (Wildman–Crippen LogP) is 5.67. The van der Waals surface area contributed by atoms with Crippen LogP contribution in [-0.2, 0) is 29.6 Å².